The second kappa shape index (κ2) is 9.53. The van der Waals surface area contributed by atoms with Gasteiger partial charge in [0.2, 0.25) is 10.0 Å². The van der Waals surface area contributed by atoms with Crippen molar-refractivity contribution in [1.82, 2.24) is 9.79 Å². The van der Waals surface area contributed by atoms with Gasteiger partial charge in [-0.15, -0.1) is 0 Å². The highest BCUT2D eigenvalue weighted by molar-refractivity contribution is 7.89. The summed E-state index contributed by atoms with van der Waals surface area (Å²) in [5, 5.41) is 8.88. The highest BCUT2D eigenvalue weighted by Crippen LogP contribution is 2.23. The van der Waals surface area contributed by atoms with Crippen molar-refractivity contribution in [3.8, 4) is 16.9 Å². The van der Waals surface area contributed by atoms with Crippen molar-refractivity contribution in [2.24, 2.45) is 0 Å². The van der Waals surface area contributed by atoms with E-state index >= 15 is 0 Å². The quantitative estimate of drug-likeness (QED) is 0.426. The van der Waals surface area contributed by atoms with Gasteiger partial charge in [0, 0.05) is 6.54 Å². The van der Waals surface area contributed by atoms with Crippen molar-refractivity contribution in [1.29, 1.82) is 0 Å². The van der Waals surface area contributed by atoms with Crippen LogP contribution >= 0.6 is 0 Å². The number of methoxy groups -OCH3 is 1. The molecule has 3 aromatic carbocycles. The zero-order chi connectivity index (χ0) is 21.6. The normalized spacial score (nSPS) is 11.3. The van der Waals surface area contributed by atoms with Crippen LogP contribution in [-0.4, -0.2) is 37.5 Å². The van der Waals surface area contributed by atoms with E-state index in [2.05, 4.69) is 0 Å². The van der Waals surface area contributed by atoms with Gasteiger partial charge in [-0.1, -0.05) is 54.6 Å². The first-order chi connectivity index (χ1) is 14.4. The molecule has 1 amide bonds. The molecule has 0 aliphatic carbocycles. The fourth-order valence-corrected chi connectivity index (χ4v) is 4.34. The van der Waals surface area contributed by atoms with Gasteiger partial charge < -0.3 is 4.74 Å². The molecule has 0 radical (unpaired) electrons. The van der Waals surface area contributed by atoms with E-state index in [4.69, 9.17) is 9.94 Å². The third kappa shape index (κ3) is 5.04. The summed E-state index contributed by atoms with van der Waals surface area (Å²) in [6.45, 7) is -0.553. The first-order valence-corrected chi connectivity index (χ1v) is 10.6. The van der Waals surface area contributed by atoms with Crippen LogP contribution in [0.5, 0.6) is 5.75 Å². The van der Waals surface area contributed by atoms with Gasteiger partial charge in [-0.05, 0) is 41.0 Å². The lowest BCUT2D eigenvalue weighted by atomic mass is 10.0. The lowest BCUT2D eigenvalue weighted by molar-refractivity contribution is -0.129. The van der Waals surface area contributed by atoms with Gasteiger partial charge in [0.05, 0.1) is 18.6 Å². The summed E-state index contributed by atoms with van der Waals surface area (Å²) in [7, 11) is -2.50. The fraction of sp³-hybridized carbons (Fsp3) is 0.136. The number of carbonyl (C=O) groups excluding carboxylic acids is 1. The number of sulfonamides is 1. The molecular formula is C22H22N2O5S. The smallest absolute Gasteiger partial charge is 0.258 e. The van der Waals surface area contributed by atoms with E-state index in [0.29, 0.717) is 11.3 Å². The molecule has 0 aliphatic heterocycles. The third-order valence-corrected chi connectivity index (χ3v) is 6.37. The largest absolute Gasteiger partial charge is 0.497 e. The van der Waals surface area contributed by atoms with Crippen molar-refractivity contribution < 1.29 is 23.2 Å². The molecule has 0 bridgehead atoms. The summed E-state index contributed by atoms with van der Waals surface area (Å²) in [5.41, 5.74) is 4.24. The first-order valence-electron chi connectivity index (χ1n) is 9.15. The maximum absolute atomic E-state index is 13.1. The van der Waals surface area contributed by atoms with Crippen molar-refractivity contribution in [3.05, 3.63) is 84.4 Å². The van der Waals surface area contributed by atoms with Gasteiger partial charge in [0.1, 0.15) is 5.75 Å². The lowest BCUT2D eigenvalue weighted by Gasteiger charge is -2.21. The van der Waals surface area contributed by atoms with Crippen LogP contribution in [0.1, 0.15) is 5.56 Å². The minimum atomic E-state index is -3.99. The van der Waals surface area contributed by atoms with Crippen LogP contribution in [0.15, 0.2) is 83.8 Å². The van der Waals surface area contributed by atoms with Crippen molar-refractivity contribution in [2.75, 3.05) is 13.7 Å². The molecule has 8 heteroatoms. The van der Waals surface area contributed by atoms with E-state index in [0.717, 1.165) is 15.4 Å². The van der Waals surface area contributed by atoms with Gasteiger partial charge in [0.15, 0.2) is 0 Å². The monoisotopic (exact) mass is 426 g/mol. The summed E-state index contributed by atoms with van der Waals surface area (Å²) in [6, 6.07) is 23.1. The topological polar surface area (TPSA) is 95.9 Å². The summed E-state index contributed by atoms with van der Waals surface area (Å²) in [5.74, 6) is -0.307. The van der Waals surface area contributed by atoms with E-state index in [9.17, 15) is 13.2 Å². The number of ether oxygens (including phenoxy) is 1. The molecule has 0 heterocycles. The minimum absolute atomic E-state index is 0.0231. The lowest BCUT2D eigenvalue weighted by Crippen LogP contribution is -2.39. The SMILES string of the molecule is COc1ccc(S(=O)(=O)N(CC(=O)NO)Cc2ccc(-c3ccccc3)cc2)cc1. The second-order valence-electron chi connectivity index (χ2n) is 6.55. The molecule has 0 saturated heterocycles. The molecule has 30 heavy (non-hydrogen) atoms. The van der Waals surface area contributed by atoms with Gasteiger partial charge in [-0.2, -0.15) is 4.31 Å². The number of rotatable bonds is 8. The van der Waals surface area contributed by atoms with E-state index in [-0.39, 0.29) is 11.4 Å². The van der Waals surface area contributed by atoms with Crippen molar-refractivity contribution in [2.45, 2.75) is 11.4 Å². The molecule has 0 aromatic heterocycles. The Bertz CT molecular complexity index is 1080. The molecule has 0 atom stereocenters. The van der Waals surface area contributed by atoms with E-state index < -0.39 is 22.5 Å². The molecule has 0 aliphatic rings. The molecule has 3 rings (SSSR count). The average molecular weight is 426 g/mol. The zero-order valence-corrected chi connectivity index (χ0v) is 17.2. The zero-order valence-electron chi connectivity index (χ0n) is 16.4. The van der Waals surface area contributed by atoms with E-state index in [1.165, 1.54) is 36.9 Å². The van der Waals surface area contributed by atoms with Crippen LogP contribution < -0.4 is 10.2 Å². The predicted molar refractivity (Wildman–Crippen MR) is 112 cm³/mol. The molecule has 7 nitrogen and oxygen atoms in total. The van der Waals surface area contributed by atoms with Crippen LogP contribution in [0.4, 0.5) is 0 Å². The van der Waals surface area contributed by atoms with Gasteiger partial charge in [-0.3, -0.25) is 10.0 Å². The molecule has 0 unspecified atom stereocenters. The van der Waals surface area contributed by atoms with Gasteiger partial charge in [-0.25, -0.2) is 13.9 Å². The van der Waals surface area contributed by atoms with Crippen LogP contribution in [0.3, 0.4) is 0 Å². The molecule has 3 aromatic rings. The van der Waals surface area contributed by atoms with Crippen molar-refractivity contribution >= 4 is 15.9 Å². The molecule has 156 valence electrons. The van der Waals surface area contributed by atoms with Crippen LogP contribution in [-0.2, 0) is 21.4 Å². The maximum atomic E-state index is 13.1. The number of benzene rings is 3. The fourth-order valence-electron chi connectivity index (χ4n) is 2.95. The number of hydroxylamine groups is 1. The molecular weight excluding hydrogens is 404 g/mol. The Morgan fingerprint density at radius 2 is 1.53 bits per heavy atom. The number of amides is 1. The Labute approximate surface area is 175 Å². The molecule has 0 saturated carbocycles. The number of nitrogens with zero attached hydrogens (tertiary/aromatic N) is 1. The molecule has 0 spiro atoms. The third-order valence-electron chi connectivity index (χ3n) is 4.56. The molecule has 2 N–H and O–H groups in total. The Morgan fingerprint density at radius 1 is 0.933 bits per heavy atom. The summed E-state index contributed by atoms with van der Waals surface area (Å²) >= 11 is 0. The number of nitrogens with one attached hydrogen (secondary N) is 1. The highest BCUT2D eigenvalue weighted by atomic mass is 32.2. The second-order valence-corrected chi connectivity index (χ2v) is 8.48. The average Bonchev–Trinajstić information content (AvgIpc) is 2.79. The Hall–Kier alpha value is -3.20. The summed E-state index contributed by atoms with van der Waals surface area (Å²) in [4.78, 5) is 11.8. The van der Waals surface area contributed by atoms with Crippen LogP contribution in [0.25, 0.3) is 11.1 Å². The summed E-state index contributed by atoms with van der Waals surface area (Å²) < 4.78 is 32.3. The number of carbonyl (C=O) groups is 1. The van der Waals surface area contributed by atoms with Gasteiger partial charge >= 0.3 is 0 Å². The maximum Gasteiger partial charge on any atom is 0.258 e. The Balaban J connectivity index is 1.87. The minimum Gasteiger partial charge on any atom is -0.497 e. The Kier molecular flexibility index (Phi) is 6.83. The summed E-state index contributed by atoms with van der Waals surface area (Å²) in [6.07, 6.45) is 0. The number of hydrogen-bond donors (Lipinski definition) is 2. The highest BCUT2D eigenvalue weighted by Gasteiger charge is 2.27. The van der Waals surface area contributed by atoms with Crippen LogP contribution in [0, 0.1) is 0 Å². The predicted octanol–water partition coefficient (Wildman–Crippen LogP) is 3.06. The van der Waals surface area contributed by atoms with E-state index in [1.807, 2.05) is 54.6 Å². The Morgan fingerprint density at radius 3 is 2.10 bits per heavy atom. The molecule has 0 fully saturated rings. The standard InChI is InChI=1S/C22H22N2O5S/c1-29-20-11-13-21(14-12-20)30(27,28)24(16-22(25)23-26)15-17-7-9-19(10-8-17)18-5-3-2-4-6-18/h2-14,26H,15-16H2,1H3,(H,23,25). The van der Waals surface area contributed by atoms with E-state index in [1.54, 1.807) is 0 Å². The van der Waals surface area contributed by atoms with Gasteiger partial charge in [0.25, 0.3) is 5.91 Å². The first kappa shape index (κ1) is 21.5. The number of hydrogen-bond acceptors (Lipinski definition) is 5. The van der Waals surface area contributed by atoms with Crippen LogP contribution in [0.2, 0.25) is 0 Å². The van der Waals surface area contributed by atoms with Crippen molar-refractivity contribution in [3.63, 3.8) is 0 Å².